The van der Waals surface area contributed by atoms with Crippen molar-refractivity contribution in [2.75, 3.05) is 14.2 Å². The first-order valence-corrected chi connectivity index (χ1v) is 9.11. The smallest absolute Gasteiger partial charge is 0.408 e. The van der Waals surface area contributed by atoms with Gasteiger partial charge in [0.1, 0.15) is 6.54 Å². The highest BCUT2D eigenvalue weighted by Gasteiger charge is 2.29. The molecule has 162 valence electrons. The summed E-state index contributed by atoms with van der Waals surface area (Å²) in [5, 5.41) is 15.0. The molecule has 0 aliphatic heterocycles. The maximum Gasteiger partial charge on any atom is 0.408 e. The van der Waals surface area contributed by atoms with Gasteiger partial charge in [-0.15, -0.1) is 0 Å². The summed E-state index contributed by atoms with van der Waals surface area (Å²) in [6.07, 6.45) is -1.31. The minimum atomic E-state index is -4.40. The van der Waals surface area contributed by atoms with Gasteiger partial charge in [-0.3, -0.25) is 9.25 Å². The third-order valence-electron chi connectivity index (χ3n) is 4.72. The second kappa shape index (κ2) is 7.49. The van der Waals surface area contributed by atoms with Crippen LogP contribution in [0.25, 0.3) is 28.0 Å². The predicted molar refractivity (Wildman–Crippen MR) is 106 cm³/mol. The summed E-state index contributed by atoms with van der Waals surface area (Å²) in [5.41, 5.74) is 1.98. The van der Waals surface area contributed by atoms with Gasteiger partial charge in [-0.25, -0.2) is 9.97 Å². The normalized spacial score (nSPS) is 11.8. The number of pyridine rings is 2. The van der Waals surface area contributed by atoms with Crippen LogP contribution in [0.5, 0.6) is 17.5 Å². The molecule has 8 nitrogen and oxygen atoms in total. The zero-order valence-electron chi connectivity index (χ0n) is 16.8. The molecule has 0 fully saturated rings. The van der Waals surface area contributed by atoms with Crippen LogP contribution < -0.4 is 9.47 Å². The van der Waals surface area contributed by atoms with Crippen LogP contribution in [0.4, 0.5) is 13.2 Å². The molecule has 4 heterocycles. The molecule has 4 rings (SSSR count). The Balaban J connectivity index is 1.75. The molecule has 0 radical (unpaired) electrons. The van der Waals surface area contributed by atoms with Gasteiger partial charge < -0.3 is 14.6 Å². The molecule has 0 bridgehead atoms. The molecule has 0 saturated heterocycles. The van der Waals surface area contributed by atoms with E-state index in [9.17, 15) is 18.3 Å². The molecule has 4 aromatic heterocycles. The number of aryl methyl sites for hydroxylation is 1. The number of alkyl halides is 3. The van der Waals surface area contributed by atoms with Crippen LogP contribution in [0.15, 0.2) is 36.7 Å². The Bertz CT molecular complexity index is 1260. The third-order valence-corrected chi connectivity index (χ3v) is 4.72. The van der Waals surface area contributed by atoms with Crippen LogP contribution in [0, 0.1) is 6.92 Å². The third kappa shape index (κ3) is 3.86. The first kappa shape index (κ1) is 20.5. The van der Waals surface area contributed by atoms with Gasteiger partial charge in [-0.05, 0) is 25.1 Å². The van der Waals surface area contributed by atoms with Crippen LogP contribution in [0.1, 0.15) is 5.69 Å². The molecule has 1 N–H and O–H groups in total. The summed E-state index contributed by atoms with van der Waals surface area (Å²) in [6, 6.07) is 6.55. The van der Waals surface area contributed by atoms with Gasteiger partial charge in [0.15, 0.2) is 11.6 Å². The summed E-state index contributed by atoms with van der Waals surface area (Å²) >= 11 is 0. The van der Waals surface area contributed by atoms with Gasteiger partial charge in [0.25, 0.3) is 5.88 Å². The van der Waals surface area contributed by atoms with Crippen LogP contribution in [-0.2, 0) is 6.54 Å². The second-order valence-corrected chi connectivity index (χ2v) is 6.80. The van der Waals surface area contributed by atoms with E-state index < -0.39 is 12.7 Å². The molecule has 11 heteroatoms. The van der Waals surface area contributed by atoms with E-state index in [-0.39, 0.29) is 11.7 Å². The van der Waals surface area contributed by atoms with Crippen molar-refractivity contribution in [1.29, 1.82) is 0 Å². The van der Waals surface area contributed by atoms with Gasteiger partial charge in [0.2, 0.25) is 5.88 Å². The number of hydrogen-bond donors (Lipinski definition) is 1. The van der Waals surface area contributed by atoms with Gasteiger partial charge in [-0.2, -0.15) is 18.3 Å². The Morgan fingerprint density at radius 3 is 2.58 bits per heavy atom. The minimum absolute atomic E-state index is 0.159. The summed E-state index contributed by atoms with van der Waals surface area (Å²) in [7, 11) is 2.98. The maximum absolute atomic E-state index is 12.7. The molecule has 0 amide bonds. The molecular formula is C20H18F3N5O3. The lowest BCUT2D eigenvalue weighted by Gasteiger charge is -2.08. The van der Waals surface area contributed by atoms with E-state index in [2.05, 4.69) is 15.1 Å². The number of methoxy groups -OCH3 is 2. The van der Waals surface area contributed by atoms with Crippen LogP contribution >= 0.6 is 0 Å². The lowest BCUT2D eigenvalue weighted by molar-refractivity contribution is -0.142. The van der Waals surface area contributed by atoms with Crippen molar-refractivity contribution >= 4 is 10.9 Å². The number of hydrogen-bond acceptors (Lipinski definition) is 6. The minimum Gasteiger partial charge on any atom is -0.494 e. The average Bonchev–Trinajstić information content (AvgIpc) is 3.25. The van der Waals surface area contributed by atoms with E-state index in [1.54, 1.807) is 24.4 Å². The number of aromatic nitrogens is 5. The van der Waals surface area contributed by atoms with E-state index >= 15 is 0 Å². The Morgan fingerprint density at radius 1 is 1.13 bits per heavy atom. The molecule has 0 spiro atoms. The van der Waals surface area contributed by atoms with Crippen molar-refractivity contribution in [2.24, 2.45) is 0 Å². The average molecular weight is 433 g/mol. The monoisotopic (exact) mass is 433 g/mol. The zero-order valence-corrected chi connectivity index (χ0v) is 16.8. The lowest BCUT2D eigenvalue weighted by Crippen LogP contribution is -2.19. The van der Waals surface area contributed by atoms with E-state index in [4.69, 9.17) is 9.47 Å². The Morgan fingerprint density at radius 2 is 1.90 bits per heavy atom. The predicted octanol–water partition coefficient (Wildman–Crippen LogP) is 3.88. The van der Waals surface area contributed by atoms with Crippen molar-refractivity contribution < 1.29 is 27.8 Å². The molecule has 4 aromatic rings. The first-order chi connectivity index (χ1) is 14.7. The van der Waals surface area contributed by atoms with E-state index in [0.717, 1.165) is 4.68 Å². The molecule has 0 saturated carbocycles. The molecule has 0 atom stereocenters. The molecule has 31 heavy (non-hydrogen) atoms. The van der Waals surface area contributed by atoms with Gasteiger partial charge in [-0.1, -0.05) is 0 Å². The number of halogens is 3. The number of nitrogens with zero attached hydrogens (tertiary/aromatic N) is 5. The summed E-state index contributed by atoms with van der Waals surface area (Å²) in [5.74, 6) is 0.761. The zero-order chi connectivity index (χ0) is 22.3. The van der Waals surface area contributed by atoms with E-state index in [1.807, 2.05) is 0 Å². The Hall–Kier alpha value is -3.76. The van der Waals surface area contributed by atoms with Crippen molar-refractivity contribution in [3.8, 4) is 34.6 Å². The maximum atomic E-state index is 12.7. The second-order valence-electron chi connectivity index (χ2n) is 6.80. The fourth-order valence-corrected chi connectivity index (χ4v) is 3.22. The van der Waals surface area contributed by atoms with Crippen LogP contribution in [-0.4, -0.2) is 49.8 Å². The van der Waals surface area contributed by atoms with Gasteiger partial charge in [0, 0.05) is 29.7 Å². The molecule has 0 aromatic carbocycles. The molecule has 0 aliphatic rings. The highest BCUT2D eigenvalue weighted by atomic mass is 19.4. The van der Waals surface area contributed by atoms with Crippen molar-refractivity contribution in [1.82, 2.24) is 24.3 Å². The molecular weight excluding hydrogens is 415 g/mol. The van der Waals surface area contributed by atoms with Crippen molar-refractivity contribution in [3.63, 3.8) is 0 Å². The van der Waals surface area contributed by atoms with Gasteiger partial charge >= 0.3 is 6.18 Å². The van der Waals surface area contributed by atoms with Gasteiger partial charge in [0.05, 0.1) is 30.8 Å². The largest absolute Gasteiger partial charge is 0.494 e. The summed E-state index contributed by atoms with van der Waals surface area (Å²) in [4.78, 5) is 8.73. The van der Waals surface area contributed by atoms with Crippen molar-refractivity contribution in [2.45, 2.75) is 19.6 Å². The number of ether oxygens (including phenoxy) is 2. The van der Waals surface area contributed by atoms with E-state index in [0.29, 0.717) is 39.5 Å². The number of aromatic hydroxyl groups is 1. The lowest BCUT2D eigenvalue weighted by atomic mass is 10.1. The summed E-state index contributed by atoms with van der Waals surface area (Å²) in [6.45, 7) is 0.304. The molecule has 0 unspecified atom stereocenters. The SMILES string of the molecule is COc1cc(-c2ccc3c(O)n(-c4cc(C)n(CC(F)(F)F)n4)cc3n2)cnc1OC. The number of fused-ring (bicyclic) bond motifs is 1. The molecule has 0 aliphatic carbocycles. The standard InChI is InChI=1S/C20H18F3N5O3/c1-11-6-17(26-28(11)10-20(21,22)23)27-9-15-13(19(27)29)4-5-14(25-15)12-7-16(30-2)18(31-3)24-8-12/h4-9,29H,10H2,1-3H3. The highest BCUT2D eigenvalue weighted by Crippen LogP contribution is 2.33. The Kier molecular flexibility index (Phi) is 4.96. The fourth-order valence-electron chi connectivity index (χ4n) is 3.22. The Labute approximate surface area is 174 Å². The quantitative estimate of drug-likeness (QED) is 0.514. The fraction of sp³-hybridized carbons (Fsp3) is 0.250. The number of rotatable bonds is 5. The highest BCUT2D eigenvalue weighted by molar-refractivity contribution is 5.87. The van der Waals surface area contributed by atoms with E-state index in [1.165, 1.54) is 38.0 Å². The van der Waals surface area contributed by atoms with Crippen molar-refractivity contribution in [3.05, 3.63) is 42.4 Å². The van der Waals surface area contributed by atoms with Crippen LogP contribution in [0.3, 0.4) is 0 Å². The summed E-state index contributed by atoms with van der Waals surface area (Å²) < 4.78 is 50.8. The van der Waals surface area contributed by atoms with Crippen LogP contribution in [0.2, 0.25) is 0 Å². The topological polar surface area (TPSA) is 87.2 Å². The first-order valence-electron chi connectivity index (χ1n) is 9.11.